The molecule has 2 amide bonds. The van der Waals surface area contributed by atoms with Crippen LogP contribution in [-0.4, -0.2) is 35.0 Å². The predicted octanol–water partition coefficient (Wildman–Crippen LogP) is 8.39. The first-order chi connectivity index (χ1) is 22.4. The van der Waals surface area contributed by atoms with Gasteiger partial charge in [-0.15, -0.1) is 23.1 Å². The van der Waals surface area contributed by atoms with Crippen molar-refractivity contribution in [3.8, 4) is 17.0 Å². The van der Waals surface area contributed by atoms with E-state index in [-0.39, 0.29) is 17.0 Å². The van der Waals surface area contributed by atoms with Crippen molar-refractivity contribution in [2.75, 3.05) is 17.7 Å². The van der Waals surface area contributed by atoms with Gasteiger partial charge in [0.25, 0.3) is 5.91 Å². The fraction of sp³-hybridized carbons (Fsp3) is 0.0556. The Kier molecular flexibility index (Phi) is 9.09. The van der Waals surface area contributed by atoms with E-state index in [0.717, 1.165) is 16.0 Å². The summed E-state index contributed by atoms with van der Waals surface area (Å²) >= 11 is 2.67. The molecule has 0 radical (unpaired) electrons. The number of thiazole rings is 1. The molecule has 1 aromatic heterocycles. The lowest BCUT2D eigenvalue weighted by Crippen LogP contribution is -2.19. The van der Waals surface area contributed by atoms with E-state index in [2.05, 4.69) is 15.6 Å². The van der Waals surface area contributed by atoms with Crippen LogP contribution in [0.4, 0.5) is 10.8 Å². The van der Waals surface area contributed by atoms with Crippen molar-refractivity contribution in [3.63, 3.8) is 0 Å². The van der Waals surface area contributed by atoms with Gasteiger partial charge in [0, 0.05) is 32.5 Å². The molecular formula is C36H27N3O5S2. The number of thioether (sulfide) groups is 1. The molecular weight excluding hydrogens is 619 g/mol. The maximum atomic E-state index is 13.7. The molecule has 6 rings (SSSR count). The molecule has 1 atom stereocenters. The third-order valence-electron chi connectivity index (χ3n) is 7.18. The Bertz CT molecular complexity index is 2060. The van der Waals surface area contributed by atoms with Gasteiger partial charge in [-0.2, -0.15) is 0 Å². The molecule has 0 saturated carbocycles. The zero-order valence-corrected chi connectivity index (χ0v) is 26.1. The van der Waals surface area contributed by atoms with Gasteiger partial charge in [0.2, 0.25) is 5.91 Å². The van der Waals surface area contributed by atoms with Crippen LogP contribution in [0.5, 0.6) is 5.75 Å². The number of nitrogens with one attached hydrogen (secondary N) is 2. The van der Waals surface area contributed by atoms with E-state index in [1.165, 1.54) is 29.2 Å². The van der Waals surface area contributed by atoms with Crippen molar-refractivity contribution in [1.82, 2.24) is 4.98 Å². The van der Waals surface area contributed by atoms with Gasteiger partial charge in [0.15, 0.2) is 5.13 Å². The molecule has 1 unspecified atom stereocenters. The summed E-state index contributed by atoms with van der Waals surface area (Å²) in [6, 6.07) is 34.2. The molecule has 228 valence electrons. The smallest absolute Gasteiger partial charge is 0.336 e. The summed E-state index contributed by atoms with van der Waals surface area (Å²) in [6.45, 7) is 0. The van der Waals surface area contributed by atoms with Gasteiger partial charge in [0.05, 0.1) is 18.4 Å². The zero-order chi connectivity index (χ0) is 32.0. The van der Waals surface area contributed by atoms with Crippen LogP contribution in [0.2, 0.25) is 0 Å². The summed E-state index contributed by atoms with van der Waals surface area (Å²) in [7, 11) is 1.61. The Labute approximate surface area is 273 Å². The molecule has 0 aliphatic heterocycles. The van der Waals surface area contributed by atoms with Crippen LogP contribution in [0.15, 0.2) is 126 Å². The first kappa shape index (κ1) is 30.6. The number of carboxylic acid groups (broad SMARTS) is 1. The van der Waals surface area contributed by atoms with Gasteiger partial charge >= 0.3 is 5.97 Å². The van der Waals surface area contributed by atoms with Crippen LogP contribution >= 0.6 is 23.1 Å². The lowest BCUT2D eigenvalue weighted by atomic mass is 9.98. The van der Waals surface area contributed by atoms with Gasteiger partial charge in [0.1, 0.15) is 11.0 Å². The van der Waals surface area contributed by atoms with Crippen molar-refractivity contribution in [3.05, 3.63) is 137 Å². The molecule has 0 bridgehead atoms. The topological polar surface area (TPSA) is 118 Å². The summed E-state index contributed by atoms with van der Waals surface area (Å²) in [5, 5.41) is 18.4. The second kappa shape index (κ2) is 13.7. The van der Waals surface area contributed by atoms with Crippen LogP contribution in [0.25, 0.3) is 22.0 Å². The Morgan fingerprint density at radius 3 is 2.30 bits per heavy atom. The van der Waals surface area contributed by atoms with Crippen LogP contribution < -0.4 is 15.4 Å². The van der Waals surface area contributed by atoms with Crippen LogP contribution in [0, 0.1) is 0 Å². The summed E-state index contributed by atoms with van der Waals surface area (Å²) < 4.78 is 5.47. The van der Waals surface area contributed by atoms with E-state index >= 15 is 0 Å². The number of hydrogen-bond donors (Lipinski definition) is 3. The molecule has 10 heteroatoms. The lowest BCUT2D eigenvalue weighted by molar-refractivity contribution is -0.115. The number of para-hydroxylation sites is 1. The summed E-state index contributed by atoms with van der Waals surface area (Å²) in [4.78, 5) is 44.5. The van der Waals surface area contributed by atoms with E-state index in [1.54, 1.807) is 55.6 Å². The maximum absolute atomic E-state index is 13.7. The Morgan fingerprint density at radius 1 is 0.826 bits per heavy atom. The highest BCUT2D eigenvalue weighted by Gasteiger charge is 2.24. The number of carbonyl (C=O) groups excluding carboxylic acids is 2. The minimum atomic E-state index is -1.11. The second-order valence-electron chi connectivity index (χ2n) is 10.1. The van der Waals surface area contributed by atoms with Gasteiger partial charge in [-0.1, -0.05) is 72.8 Å². The molecule has 0 spiro atoms. The number of fused-ring (bicyclic) bond motifs is 1. The number of amides is 2. The third kappa shape index (κ3) is 6.63. The fourth-order valence-corrected chi connectivity index (χ4v) is 6.87. The Morgan fingerprint density at radius 2 is 1.54 bits per heavy atom. The highest BCUT2D eigenvalue weighted by atomic mass is 32.2. The summed E-state index contributed by atoms with van der Waals surface area (Å²) in [5.74, 6) is -1.10. The molecule has 5 aromatic carbocycles. The Hall–Kier alpha value is -5.45. The molecule has 0 aliphatic rings. The SMILES string of the molecule is COc1ccccc1-c1csc(NC(=O)C(Sc2cccc(NC(=O)c3cccc4cccc(C(=O)O)c34)c2)c2ccccc2)n1. The maximum Gasteiger partial charge on any atom is 0.336 e. The quantitative estimate of drug-likeness (QED) is 0.128. The third-order valence-corrected chi connectivity index (χ3v) is 9.19. The molecule has 0 saturated heterocycles. The summed E-state index contributed by atoms with van der Waals surface area (Å²) in [6.07, 6.45) is 0. The van der Waals surface area contributed by atoms with Gasteiger partial charge in [-0.05, 0) is 53.4 Å². The highest BCUT2D eigenvalue weighted by molar-refractivity contribution is 8.00. The van der Waals surface area contributed by atoms with E-state index in [0.29, 0.717) is 33.0 Å². The number of methoxy groups -OCH3 is 1. The number of hydrogen-bond acceptors (Lipinski definition) is 7. The number of anilines is 2. The van der Waals surface area contributed by atoms with Crippen molar-refractivity contribution < 1.29 is 24.2 Å². The lowest BCUT2D eigenvalue weighted by Gasteiger charge is -2.17. The van der Waals surface area contributed by atoms with Gasteiger partial charge in [-0.25, -0.2) is 9.78 Å². The number of nitrogens with zero attached hydrogens (tertiary/aromatic N) is 1. The number of rotatable bonds is 10. The molecule has 1 heterocycles. The van der Waals surface area contributed by atoms with Crippen molar-refractivity contribution in [1.29, 1.82) is 0 Å². The van der Waals surface area contributed by atoms with E-state index < -0.39 is 17.1 Å². The van der Waals surface area contributed by atoms with Crippen molar-refractivity contribution in [2.24, 2.45) is 0 Å². The largest absolute Gasteiger partial charge is 0.496 e. The minimum Gasteiger partial charge on any atom is -0.496 e. The first-order valence-electron chi connectivity index (χ1n) is 14.2. The normalized spacial score (nSPS) is 11.5. The Balaban J connectivity index is 1.23. The van der Waals surface area contributed by atoms with Gasteiger partial charge in [-0.3, -0.25) is 9.59 Å². The molecule has 3 N–H and O–H groups in total. The predicted molar refractivity (Wildman–Crippen MR) is 183 cm³/mol. The fourth-order valence-electron chi connectivity index (χ4n) is 5.07. The highest BCUT2D eigenvalue weighted by Crippen LogP contribution is 2.38. The minimum absolute atomic E-state index is 0.0551. The van der Waals surface area contributed by atoms with Crippen LogP contribution in [0.3, 0.4) is 0 Å². The second-order valence-corrected chi connectivity index (χ2v) is 12.2. The molecule has 0 fully saturated rings. The van der Waals surface area contributed by atoms with Crippen LogP contribution in [-0.2, 0) is 4.79 Å². The van der Waals surface area contributed by atoms with Crippen molar-refractivity contribution >= 4 is 62.5 Å². The molecule has 0 aliphatic carbocycles. The number of benzene rings is 5. The monoisotopic (exact) mass is 645 g/mol. The summed E-state index contributed by atoms with van der Waals surface area (Å²) in [5.41, 5.74) is 3.15. The van der Waals surface area contributed by atoms with E-state index in [9.17, 15) is 19.5 Å². The molecule has 8 nitrogen and oxygen atoms in total. The first-order valence-corrected chi connectivity index (χ1v) is 15.9. The number of ether oxygens (including phenoxy) is 1. The van der Waals surface area contributed by atoms with Crippen LogP contribution in [0.1, 0.15) is 31.5 Å². The molecule has 6 aromatic rings. The van der Waals surface area contributed by atoms with Gasteiger partial charge < -0.3 is 20.5 Å². The standard InChI is InChI=1S/C36H27N3O5S2/c1-44-30-19-6-5-16-26(30)29-21-45-36(38-29)39-34(41)32(23-10-3-2-4-11-23)46-25-15-9-14-24(20-25)37-33(40)27-17-7-12-22-13-8-18-28(31(22)27)35(42)43/h2-21,32H,1H3,(H,37,40)(H,42,43)(H,38,39,41). The average molecular weight is 646 g/mol. The number of carbonyl (C=O) groups is 3. The molecule has 46 heavy (non-hydrogen) atoms. The number of aromatic carboxylic acids is 1. The number of carboxylic acids is 1. The number of aromatic nitrogens is 1. The average Bonchev–Trinajstić information content (AvgIpc) is 3.55. The van der Waals surface area contributed by atoms with Crippen molar-refractivity contribution in [2.45, 2.75) is 10.1 Å². The van der Waals surface area contributed by atoms with E-state index in [1.807, 2.05) is 66.0 Å². The van der Waals surface area contributed by atoms with E-state index in [4.69, 9.17) is 4.74 Å². The zero-order valence-electron chi connectivity index (χ0n) is 24.5.